The first-order chi connectivity index (χ1) is 15.4. The van der Waals surface area contributed by atoms with Gasteiger partial charge in [-0.2, -0.15) is 0 Å². The zero-order valence-corrected chi connectivity index (χ0v) is 18.6. The highest BCUT2D eigenvalue weighted by molar-refractivity contribution is 6.06. The van der Waals surface area contributed by atoms with Crippen LogP contribution in [0.25, 0.3) is 16.7 Å². The van der Waals surface area contributed by atoms with Crippen molar-refractivity contribution in [2.45, 2.75) is 26.8 Å². The van der Waals surface area contributed by atoms with Crippen molar-refractivity contribution in [1.82, 2.24) is 14.0 Å². The Morgan fingerprint density at radius 2 is 1.94 bits per heavy atom. The minimum absolute atomic E-state index is 0.207. The molecule has 0 spiro atoms. The van der Waals surface area contributed by atoms with E-state index in [1.807, 2.05) is 44.2 Å². The van der Waals surface area contributed by atoms with Crippen LogP contribution in [0.5, 0.6) is 5.75 Å². The molecule has 1 aromatic carbocycles. The summed E-state index contributed by atoms with van der Waals surface area (Å²) in [4.78, 5) is 31.3. The number of aryl methyl sites for hydroxylation is 3. The monoisotopic (exact) mass is 434 g/mol. The number of pyridine rings is 1. The Bertz CT molecular complexity index is 1370. The zero-order valence-electron chi connectivity index (χ0n) is 18.6. The van der Waals surface area contributed by atoms with Crippen LogP contribution in [0.1, 0.15) is 28.0 Å². The first-order valence-electron chi connectivity index (χ1n) is 10.4. The van der Waals surface area contributed by atoms with Crippen LogP contribution in [0, 0.1) is 13.8 Å². The second-order valence-electron chi connectivity index (χ2n) is 7.72. The summed E-state index contributed by atoms with van der Waals surface area (Å²) in [6, 6.07) is 10.9. The lowest BCUT2D eigenvalue weighted by Crippen LogP contribution is -2.19. The van der Waals surface area contributed by atoms with Gasteiger partial charge in [0.05, 0.1) is 18.2 Å². The van der Waals surface area contributed by atoms with Gasteiger partial charge in [-0.3, -0.25) is 14.0 Å². The van der Waals surface area contributed by atoms with E-state index >= 15 is 0 Å². The largest absolute Gasteiger partial charge is 0.495 e. The molecule has 0 aliphatic carbocycles. The van der Waals surface area contributed by atoms with Gasteiger partial charge in [0, 0.05) is 26.5 Å². The SMILES string of the molecule is COCCCn1c(C(=O)Nc2cc(C)ccc2OC)cc2c(=O)n3cccc(C)c3nc21. The minimum Gasteiger partial charge on any atom is -0.495 e. The van der Waals surface area contributed by atoms with Crippen molar-refractivity contribution in [2.75, 3.05) is 26.1 Å². The highest BCUT2D eigenvalue weighted by Gasteiger charge is 2.21. The third kappa shape index (κ3) is 3.85. The molecular formula is C24H26N4O4. The predicted octanol–water partition coefficient (Wildman–Crippen LogP) is 3.56. The van der Waals surface area contributed by atoms with Crippen LogP contribution in [-0.4, -0.2) is 40.7 Å². The molecule has 8 heteroatoms. The Kier molecular flexibility index (Phi) is 5.96. The number of fused-ring (bicyclic) bond motifs is 2. The van der Waals surface area contributed by atoms with Gasteiger partial charge in [-0.1, -0.05) is 12.1 Å². The smallest absolute Gasteiger partial charge is 0.272 e. The lowest BCUT2D eigenvalue weighted by molar-refractivity contribution is 0.101. The lowest BCUT2D eigenvalue weighted by atomic mass is 10.2. The number of hydrogen-bond acceptors (Lipinski definition) is 5. The van der Waals surface area contributed by atoms with Gasteiger partial charge in [0.2, 0.25) is 0 Å². The third-order valence-corrected chi connectivity index (χ3v) is 5.46. The van der Waals surface area contributed by atoms with E-state index in [1.165, 1.54) is 4.40 Å². The Hall–Kier alpha value is -3.65. The van der Waals surface area contributed by atoms with Crippen LogP contribution in [-0.2, 0) is 11.3 Å². The number of nitrogens with zero attached hydrogens (tertiary/aromatic N) is 3. The van der Waals surface area contributed by atoms with E-state index in [9.17, 15) is 9.59 Å². The Balaban J connectivity index is 1.87. The third-order valence-electron chi connectivity index (χ3n) is 5.46. The highest BCUT2D eigenvalue weighted by Crippen LogP contribution is 2.27. The van der Waals surface area contributed by atoms with Crippen molar-refractivity contribution >= 4 is 28.3 Å². The molecule has 0 aliphatic rings. The molecule has 32 heavy (non-hydrogen) atoms. The first-order valence-corrected chi connectivity index (χ1v) is 10.4. The van der Waals surface area contributed by atoms with Crippen LogP contribution >= 0.6 is 0 Å². The number of methoxy groups -OCH3 is 2. The van der Waals surface area contributed by atoms with E-state index < -0.39 is 0 Å². The maximum atomic E-state index is 13.3. The standard InChI is InChI=1S/C24H26N4O4/c1-15-8-9-20(32-4)18(13-15)25-23(29)19-14-17-22(27(19)11-6-12-31-3)26-21-16(2)7-5-10-28(21)24(17)30/h5,7-10,13-14H,6,11-12H2,1-4H3,(H,25,29). The van der Waals surface area contributed by atoms with Gasteiger partial charge in [0.25, 0.3) is 11.5 Å². The first kappa shape index (κ1) is 21.6. The topological polar surface area (TPSA) is 86.9 Å². The second kappa shape index (κ2) is 8.84. The van der Waals surface area contributed by atoms with E-state index in [2.05, 4.69) is 5.32 Å². The van der Waals surface area contributed by atoms with Gasteiger partial charge in [-0.25, -0.2) is 4.98 Å². The summed E-state index contributed by atoms with van der Waals surface area (Å²) >= 11 is 0. The fourth-order valence-corrected chi connectivity index (χ4v) is 3.85. The molecule has 4 rings (SSSR count). The van der Waals surface area contributed by atoms with Crippen LogP contribution in [0.3, 0.4) is 0 Å². The lowest BCUT2D eigenvalue weighted by Gasteiger charge is -2.13. The molecule has 3 heterocycles. The van der Waals surface area contributed by atoms with E-state index in [0.29, 0.717) is 53.4 Å². The van der Waals surface area contributed by atoms with Gasteiger partial charge >= 0.3 is 0 Å². The number of amides is 1. The van der Waals surface area contributed by atoms with E-state index in [-0.39, 0.29) is 11.5 Å². The molecule has 0 atom stereocenters. The summed E-state index contributed by atoms with van der Waals surface area (Å²) in [6.45, 7) is 4.86. The van der Waals surface area contributed by atoms with Gasteiger partial charge in [-0.05, 0) is 55.7 Å². The number of benzene rings is 1. The van der Waals surface area contributed by atoms with Crippen LogP contribution in [0.2, 0.25) is 0 Å². The fraction of sp³-hybridized carbons (Fsp3) is 0.292. The maximum Gasteiger partial charge on any atom is 0.272 e. The van der Waals surface area contributed by atoms with E-state index in [1.54, 1.807) is 31.0 Å². The molecule has 4 aromatic rings. The normalized spacial score (nSPS) is 11.2. The van der Waals surface area contributed by atoms with Crippen molar-refractivity contribution in [3.63, 3.8) is 0 Å². The number of carbonyl (C=O) groups excluding carboxylic acids is 1. The number of rotatable bonds is 7. The molecule has 0 aliphatic heterocycles. The van der Waals surface area contributed by atoms with Gasteiger partial charge in [0.15, 0.2) is 0 Å². The number of anilines is 1. The van der Waals surface area contributed by atoms with Gasteiger partial charge in [-0.15, -0.1) is 0 Å². The van der Waals surface area contributed by atoms with Crippen molar-refractivity contribution < 1.29 is 14.3 Å². The van der Waals surface area contributed by atoms with Crippen LogP contribution < -0.4 is 15.6 Å². The fourth-order valence-electron chi connectivity index (χ4n) is 3.85. The van der Waals surface area contributed by atoms with Gasteiger partial charge in [0.1, 0.15) is 22.7 Å². The van der Waals surface area contributed by atoms with Crippen molar-refractivity contribution in [1.29, 1.82) is 0 Å². The zero-order chi connectivity index (χ0) is 22.8. The number of carbonyl (C=O) groups is 1. The summed E-state index contributed by atoms with van der Waals surface area (Å²) in [5, 5.41) is 3.33. The number of ether oxygens (including phenoxy) is 2. The number of aromatic nitrogens is 3. The van der Waals surface area contributed by atoms with E-state index in [4.69, 9.17) is 14.5 Å². The molecule has 0 radical (unpaired) electrons. The predicted molar refractivity (Wildman–Crippen MR) is 124 cm³/mol. The average Bonchev–Trinajstić information content (AvgIpc) is 3.14. The van der Waals surface area contributed by atoms with Crippen LogP contribution in [0.4, 0.5) is 5.69 Å². The molecule has 0 fully saturated rings. The Morgan fingerprint density at radius 1 is 1.12 bits per heavy atom. The van der Waals surface area contributed by atoms with Crippen molar-refractivity contribution in [3.05, 3.63) is 69.8 Å². The van der Waals surface area contributed by atoms with Crippen molar-refractivity contribution in [3.8, 4) is 5.75 Å². The molecule has 166 valence electrons. The summed E-state index contributed by atoms with van der Waals surface area (Å²) in [5.41, 5.74) is 3.65. The summed E-state index contributed by atoms with van der Waals surface area (Å²) in [5.74, 6) is 0.222. The molecule has 1 amide bonds. The summed E-state index contributed by atoms with van der Waals surface area (Å²) in [6.07, 6.45) is 2.36. The Morgan fingerprint density at radius 3 is 2.69 bits per heavy atom. The summed E-state index contributed by atoms with van der Waals surface area (Å²) < 4.78 is 13.9. The molecule has 0 unspecified atom stereocenters. The molecule has 0 saturated carbocycles. The van der Waals surface area contributed by atoms with Crippen molar-refractivity contribution in [2.24, 2.45) is 0 Å². The molecular weight excluding hydrogens is 408 g/mol. The molecule has 0 saturated heterocycles. The minimum atomic E-state index is -0.338. The van der Waals surface area contributed by atoms with Gasteiger partial charge < -0.3 is 19.4 Å². The molecule has 1 N–H and O–H groups in total. The van der Waals surface area contributed by atoms with Crippen LogP contribution in [0.15, 0.2) is 47.4 Å². The second-order valence-corrected chi connectivity index (χ2v) is 7.72. The maximum absolute atomic E-state index is 13.3. The van der Waals surface area contributed by atoms with E-state index in [0.717, 1.165) is 11.1 Å². The molecule has 8 nitrogen and oxygen atoms in total. The average molecular weight is 434 g/mol. The quantitative estimate of drug-likeness (QED) is 0.450. The molecule has 3 aromatic heterocycles. The molecule has 0 bridgehead atoms. The number of nitrogens with one attached hydrogen (secondary N) is 1. The number of hydrogen-bond donors (Lipinski definition) is 1. The Labute approximate surface area is 185 Å². The highest BCUT2D eigenvalue weighted by atomic mass is 16.5. The summed E-state index contributed by atoms with van der Waals surface area (Å²) in [7, 11) is 3.19.